The zero-order valence-corrected chi connectivity index (χ0v) is 8.36. The van der Waals surface area contributed by atoms with Crippen LogP contribution in [0, 0.1) is 0 Å². The molecule has 0 spiro atoms. The molecule has 1 N–H and O–H groups in total. The lowest BCUT2D eigenvalue weighted by atomic mass is 10.2. The summed E-state index contributed by atoms with van der Waals surface area (Å²) in [4.78, 5) is 0. The van der Waals surface area contributed by atoms with Crippen LogP contribution in [0.1, 0.15) is 38.5 Å². The van der Waals surface area contributed by atoms with Crippen LogP contribution in [0.5, 0.6) is 0 Å². The highest BCUT2D eigenvalue weighted by molar-refractivity contribution is 7.90. The van der Waals surface area contributed by atoms with Crippen molar-refractivity contribution in [3.63, 3.8) is 0 Å². The van der Waals surface area contributed by atoms with Crippen LogP contribution in [-0.2, 0) is 10.0 Å². The fourth-order valence-electron chi connectivity index (χ4n) is 1.72. The van der Waals surface area contributed by atoms with Gasteiger partial charge in [-0.1, -0.05) is 25.7 Å². The first-order chi connectivity index (χ1) is 5.67. The second-order valence-electron chi connectivity index (χ2n) is 3.36. The van der Waals surface area contributed by atoms with E-state index in [0.29, 0.717) is 0 Å². The number of nitrogens with one attached hydrogen (secondary N) is 1. The van der Waals surface area contributed by atoms with Crippen molar-refractivity contribution in [3.05, 3.63) is 0 Å². The zero-order chi connectivity index (χ0) is 9.03. The quantitative estimate of drug-likeness (QED) is 0.668. The van der Waals surface area contributed by atoms with Crippen molar-refractivity contribution in [1.82, 2.24) is 4.72 Å². The Hall–Kier alpha value is -0.0900. The molecule has 3 nitrogen and oxygen atoms in total. The molecule has 0 saturated heterocycles. The van der Waals surface area contributed by atoms with Crippen LogP contribution in [-0.4, -0.2) is 20.7 Å². The van der Waals surface area contributed by atoms with Gasteiger partial charge in [0.05, 0.1) is 5.25 Å². The summed E-state index contributed by atoms with van der Waals surface area (Å²) in [6, 6.07) is 0. The van der Waals surface area contributed by atoms with E-state index in [1.54, 1.807) is 0 Å². The second kappa shape index (κ2) is 4.23. The average molecular weight is 191 g/mol. The Morgan fingerprint density at radius 2 is 1.58 bits per heavy atom. The molecule has 0 amide bonds. The fraction of sp³-hybridized carbons (Fsp3) is 1.00. The third-order valence-corrected chi connectivity index (χ3v) is 4.44. The lowest BCUT2D eigenvalue weighted by molar-refractivity contribution is 0.555. The average Bonchev–Trinajstić information content (AvgIpc) is 2.32. The smallest absolute Gasteiger partial charge is 0.214 e. The topological polar surface area (TPSA) is 46.2 Å². The third kappa shape index (κ3) is 2.45. The molecule has 1 aliphatic rings. The van der Waals surface area contributed by atoms with E-state index in [0.717, 1.165) is 25.7 Å². The fourth-order valence-corrected chi connectivity index (χ4v) is 3.01. The summed E-state index contributed by atoms with van der Waals surface area (Å²) in [5.41, 5.74) is 0. The summed E-state index contributed by atoms with van der Waals surface area (Å²) >= 11 is 0. The van der Waals surface area contributed by atoms with Gasteiger partial charge in [-0.05, 0) is 19.9 Å². The van der Waals surface area contributed by atoms with Crippen LogP contribution in [0.15, 0.2) is 0 Å². The standard InChI is InChI=1S/C8H17NO2S/c1-9-12(10,11)8-6-4-2-3-5-7-8/h8-9H,2-7H2,1H3. The Morgan fingerprint density at radius 3 is 2.00 bits per heavy atom. The molecule has 0 aromatic rings. The molecular formula is C8H17NO2S. The van der Waals surface area contributed by atoms with Crippen molar-refractivity contribution in [1.29, 1.82) is 0 Å². The summed E-state index contributed by atoms with van der Waals surface area (Å²) in [5, 5.41) is -0.134. The van der Waals surface area contributed by atoms with Crippen molar-refractivity contribution in [2.75, 3.05) is 7.05 Å². The van der Waals surface area contributed by atoms with E-state index in [4.69, 9.17) is 0 Å². The van der Waals surface area contributed by atoms with Crippen LogP contribution >= 0.6 is 0 Å². The maximum atomic E-state index is 11.4. The number of sulfonamides is 1. The van der Waals surface area contributed by atoms with Crippen LogP contribution in [0.4, 0.5) is 0 Å². The van der Waals surface area contributed by atoms with Crippen molar-refractivity contribution in [2.24, 2.45) is 0 Å². The van der Waals surface area contributed by atoms with Crippen LogP contribution < -0.4 is 4.72 Å². The lowest BCUT2D eigenvalue weighted by Gasteiger charge is -2.13. The van der Waals surface area contributed by atoms with Gasteiger partial charge in [-0.3, -0.25) is 0 Å². The number of hydrogen-bond donors (Lipinski definition) is 1. The van der Waals surface area contributed by atoms with Gasteiger partial charge < -0.3 is 0 Å². The number of rotatable bonds is 2. The first kappa shape index (κ1) is 9.99. The molecule has 0 aromatic heterocycles. The number of hydrogen-bond acceptors (Lipinski definition) is 2. The highest BCUT2D eigenvalue weighted by atomic mass is 32.2. The summed E-state index contributed by atoms with van der Waals surface area (Å²) in [6.07, 6.45) is 6.18. The van der Waals surface area contributed by atoms with Crippen molar-refractivity contribution >= 4 is 10.0 Å². The third-order valence-electron chi connectivity index (χ3n) is 2.53. The molecule has 1 rings (SSSR count). The van der Waals surface area contributed by atoms with Gasteiger partial charge in [0.15, 0.2) is 0 Å². The Kier molecular flexibility index (Phi) is 3.53. The summed E-state index contributed by atoms with van der Waals surface area (Å²) in [6.45, 7) is 0. The molecule has 0 heterocycles. The van der Waals surface area contributed by atoms with E-state index in [1.807, 2.05) is 0 Å². The molecule has 0 atom stereocenters. The molecule has 0 radical (unpaired) electrons. The molecule has 1 saturated carbocycles. The van der Waals surface area contributed by atoms with Gasteiger partial charge >= 0.3 is 0 Å². The van der Waals surface area contributed by atoms with Crippen LogP contribution in [0.2, 0.25) is 0 Å². The van der Waals surface area contributed by atoms with Gasteiger partial charge in [0.1, 0.15) is 0 Å². The highest BCUT2D eigenvalue weighted by Gasteiger charge is 2.24. The van der Waals surface area contributed by atoms with Crippen LogP contribution in [0.3, 0.4) is 0 Å². The van der Waals surface area contributed by atoms with Crippen molar-refractivity contribution < 1.29 is 8.42 Å². The van der Waals surface area contributed by atoms with Gasteiger partial charge in [-0.25, -0.2) is 13.1 Å². The Bertz CT molecular complexity index is 215. The molecular weight excluding hydrogens is 174 g/mol. The molecule has 0 aliphatic heterocycles. The van der Waals surface area contributed by atoms with Gasteiger partial charge in [-0.15, -0.1) is 0 Å². The van der Waals surface area contributed by atoms with Gasteiger partial charge in [-0.2, -0.15) is 0 Å². The van der Waals surface area contributed by atoms with E-state index >= 15 is 0 Å². The maximum Gasteiger partial charge on any atom is 0.214 e. The summed E-state index contributed by atoms with van der Waals surface area (Å²) in [7, 11) is -1.49. The minimum absolute atomic E-state index is 0.134. The summed E-state index contributed by atoms with van der Waals surface area (Å²) in [5.74, 6) is 0. The lowest BCUT2D eigenvalue weighted by Crippen LogP contribution is -2.31. The minimum atomic E-state index is -2.99. The predicted molar refractivity (Wildman–Crippen MR) is 49.5 cm³/mol. The Balaban J connectivity index is 2.60. The molecule has 0 aromatic carbocycles. The SMILES string of the molecule is CNS(=O)(=O)C1CCCCCC1. The molecule has 0 unspecified atom stereocenters. The van der Waals surface area contributed by atoms with E-state index in [1.165, 1.54) is 19.9 Å². The van der Waals surface area contributed by atoms with E-state index < -0.39 is 10.0 Å². The van der Waals surface area contributed by atoms with Crippen molar-refractivity contribution in [3.8, 4) is 0 Å². The van der Waals surface area contributed by atoms with E-state index in [9.17, 15) is 8.42 Å². The second-order valence-corrected chi connectivity index (χ2v) is 5.53. The molecule has 0 bridgehead atoms. The Labute approximate surface area is 74.6 Å². The van der Waals surface area contributed by atoms with E-state index in [-0.39, 0.29) is 5.25 Å². The molecule has 1 fully saturated rings. The first-order valence-electron chi connectivity index (χ1n) is 4.59. The predicted octanol–water partition coefficient (Wildman–Crippen LogP) is 1.26. The summed E-state index contributed by atoms with van der Waals surface area (Å²) < 4.78 is 25.2. The first-order valence-corrected chi connectivity index (χ1v) is 6.14. The minimum Gasteiger partial charge on any atom is -0.218 e. The maximum absolute atomic E-state index is 11.4. The Morgan fingerprint density at radius 1 is 1.08 bits per heavy atom. The van der Waals surface area contributed by atoms with Gasteiger partial charge in [0.25, 0.3) is 0 Å². The largest absolute Gasteiger partial charge is 0.218 e. The van der Waals surface area contributed by atoms with E-state index in [2.05, 4.69) is 4.72 Å². The molecule has 1 aliphatic carbocycles. The van der Waals surface area contributed by atoms with Crippen LogP contribution in [0.25, 0.3) is 0 Å². The molecule has 72 valence electrons. The highest BCUT2D eigenvalue weighted by Crippen LogP contribution is 2.21. The normalized spacial score (nSPS) is 22.1. The molecule has 4 heteroatoms. The molecule has 12 heavy (non-hydrogen) atoms. The monoisotopic (exact) mass is 191 g/mol. The zero-order valence-electron chi connectivity index (χ0n) is 7.54. The van der Waals surface area contributed by atoms with Gasteiger partial charge in [0, 0.05) is 0 Å². The van der Waals surface area contributed by atoms with Crippen molar-refractivity contribution in [2.45, 2.75) is 43.8 Å². The van der Waals surface area contributed by atoms with Gasteiger partial charge in [0.2, 0.25) is 10.0 Å².